The zero-order valence-electron chi connectivity index (χ0n) is 11.8. The fourth-order valence-corrected chi connectivity index (χ4v) is 2.92. The average Bonchev–Trinajstić information content (AvgIpc) is 2.41. The summed E-state index contributed by atoms with van der Waals surface area (Å²) >= 11 is 0. The summed E-state index contributed by atoms with van der Waals surface area (Å²) in [6.07, 6.45) is 3.02. The highest BCUT2D eigenvalue weighted by Gasteiger charge is 2.25. The molecule has 3 unspecified atom stereocenters. The molecular weight excluding hydrogens is 241 g/mol. The Kier molecular flexibility index (Phi) is 4.94. The molecule has 0 amide bonds. The van der Waals surface area contributed by atoms with E-state index in [9.17, 15) is 9.50 Å². The van der Waals surface area contributed by atoms with Crippen molar-refractivity contribution in [3.63, 3.8) is 0 Å². The van der Waals surface area contributed by atoms with Gasteiger partial charge in [0.1, 0.15) is 5.82 Å². The van der Waals surface area contributed by atoms with E-state index in [1.807, 2.05) is 6.92 Å². The predicted molar refractivity (Wildman–Crippen MR) is 75.4 cm³/mol. The second kappa shape index (κ2) is 6.49. The number of aliphatic hydroxyl groups is 1. The Morgan fingerprint density at radius 2 is 2.11 bits per heavy atom. The van der Waals surface area contributed by atoms with Crippen LogP contribution >= 0.6 is 0 Å². The molecule has 1 saturated heterocycles. The lowest BCUT2D eigenvalue weighted by atomic mass is 9.94. The molecule has 0 bridgehead atoms. The molecule has 0 aromatic heterocycles. The number of aliphatic hydroxyl groups excluding tert-OH is 1. The number of hydrogen-bond acceptors (Lipinski definition) is 2. The minimum Gasteiger partial charge on any atom is -0.388 e. The van der Waals surface area contributed by atoms with Gasteiger partial charge in [0.25, 0.3) is 0 Å². The minimum atomic E-state index is -0.727. The molecule has 3 atom stereocenters. The van der Waals surface area contributed by atoms with Gasteiger partial charge in [-0.1, -0.05) is 31.5 Å². The SMILES string of the molecule is CC(CN1CCCCC1C)C(O)c1ccccc1F. The van der Waals surface area contributed by atoms with Crippen molar-refractivity contribution < 1.29 is 9.50 Å². The summed E-state index contributed by atoms with van der Waals surface area (Å²) in [4.78, 5) is 2.41. The van der Waals surface area contributed by atoms with E-state index in [4.69, 9.17) is 0 Å². The number of rotatable bonds is 4. The average molecular weight is 265 g/mol. The lowest BCUT2D eigenvalue weighted by molar-refractivity contribution is 0.0622. The molecule has 1 N–H and O–H groups in total. The Hall–Kier alpha value is -0.930. The fraction of sp³-hybridized carbons (Fsp3) is 0.625. The number of benzene rings is 1. The number of hydrogen-bond donors (Lipinski definition) is 1. The lowest BCUT2D eigenvalue weighted by Gasteiger charge is -2.36. The Morgan fingerprint density at radius 1 is 1.37 bits per heavy atom. The maximum Gasteiger partial charge on any atom is 0.129 e. The van der Waals surface area contributed by atoms with E-state index in [2.05, 4.69) is 11.8 Å². The first-order valence-electron chi connectivity index (χ1n) is 7.26. The van der Waals surface area contributed by atoms with Crippen LogP contribution in [0, 0.1) is 11.7 Å². The summed E-state index contributed by atoms with van der Waals surface area (Å²) < 4.78 is 13.7. The van der Waals surface area contributed by atoms with Crippen molar-refractivity contribution >= 4 is 0 Å². The molecular formula is C16H24FNO. The standard InChI is InChI=1S/C16H24FNO/c1-12(11-18-10-6-5-7-13(18)2)16(19)14-8-3-4-9-15(14)17/h3-4,8-9,12-13,16,19H,5-7,10-11H2,1-2H3. The summed E-state index contributed by atoms with van der Waals surface area (Å²) in [6, 6.07) is 7.09. The van der Waals surface area contributed by atoms with Crippen LogP contribution in [0.25, 0.3) is 0 Å². The summed E-state index contributed by atoms with van der Waals surface area (Å²) in [6.45, 7) is 6.16. The van der Waals surface area contributed by atoms with Crippen molar-refractivity contribution in [3.8, 4) is 0 Å². The largest absolute Gasteiger partial charge is 0.388 e. The van der Waals surface area contributed by atoms with E-state index in [1.54, 1.807) is 18.2 Å². The van der Waals surface area contributed by atoms with Crippen molar-refractivity contribution in [1.82, 2.24) is 4.90 Å². The molecule has 1 fully saturated rings. The molecule has 2 nitrogen and oxygen atoms in total. The summed E-state index contributed by atoms with van der Waals surface area (Å²) in [7, 11) is 0. The molecule has 0 saturated carbocycles. The molecule has 1 heterocycles. The normalized spacial score (nSPS) is 24.1. The summed E-state index contributed by atoms with van der Waals surface area (Å²) in [5.41, 5.74) is 0.416. The van der Waals surface area contributed by atoms with E-state index in [0.29, 0.717) is 11.6 Å². The van der Waals surface area contributed by atoms with Gasteiger partial charge in [-0.2, -0.15) is 0 Å². The molecule has 1 aliphatic rings. The second-order valence-electron chi connectivity index (χ2n) is 5.78. The molecule has 106 valence electrons. The van der Waals surface area contributed by atoms with Gasteiger partial charge in [-0.05, 0) is 38.3 Å². The molecule has 1 aromatic rings. The van der Waals surface area contributed by atoms with Crippen LogP contribution in [0.2, 0.25) is 0 Å². The third kappa shape index (κ3) is 3.54. The quantitative estimate of drug-likeness (QED) is 0.902. The van der Waals surface area contributed by atoms with Gasteiger partial charge in [0, 0.05) is 18.2 Å². The van der Waals surface area contributed by atoms with Crippen LogP contribution < -0.4 is 0 Å². The highest BCUT2D eigenvalue weighted by atomic mass is 19.1. The van der Waals surface area contributed by atoms with Gasteiger partial charge < -0.3 is 10.0 Å². The van der Waals surface area contributed by atoms with Gasteiger partial charge >= 0.3 is 0 Å². The first-order chi connectivity index (χ1) is 9.09. The molecule has 1 aromatic carbocycles. The first kappa shape index (κ1) is 14.5. The van der Waals surface area contributed by atoms with Crippen LogP contribution in [0.5, 0.6) is 0 Å². The number of likely N-dealkylation sites (tertiary alicyclic amines) is 1. The maximum atomic E-state index is 13.7. The first-order valence-corrected chi connectivity index (χ1v) is 7.26. The molecule has 19 heavy (non-hydrogen) atoms. The van der Waals surface area contributed by atoms with Crippen LogP contribution in [0.4, 0.5) is 4.39 Å². The zero-order valence-corrected chi connectivity index (χ0v) is 11.8. The van der Waals surface area contributed by atoms with Gasteiger partial charge in [-0.3, -0.25) is 0 Å². The maximum absolute atomic E-state index is 13.7. The van der Waals surface area contributed by atoms with Crippen molar-refractivity contribution in [2.24, 2.45) is 5.92 Å². The van der Waals surface area contributed by atoms with Crippen molar-refractivity contribution in [3.05, 3.63) is 35.6 Å². The Bertz CT molecular complexity index is 409. The van der Waals surface area contributed by atoms with Gasteiger partial charge in [0.05, 0.1) is 6.10 Å². The number of nitrogens with zero attached hydrogens (tertiary/aromatic N) is 1. The molecule has 1 aliphatic heterocycles. The van der Waals surface area contributed by atoms with Crippen LogP contribution in [0.1, 0.15) is 44.8 Å². The van der Waals surface area contributed by atoms with E-state index < -0.39 is 6.10 Å². The molecule has 0 aliphatic carbocycles. The molecule has 0 radical (unpaired) electrons. The van der Waals surface area contributed by atoms with Gasteiger partial charge in [0.2, 0.25) is 0 Å². The second-order valence-corrected chi connectivity index (χ2v) is 5.78. The van der Waals surface area contributed by atoms with Crippen LogP contribution in [0.3, 0.4) is 0 Å². The van der Waals surface area contributed by atoms with Crippen LogP contribution in [0.15, 0.2) is 24.3 Å². The Labute approximate surface area is 115 Å². The predicted octanol–water partition coefficient (Wildman–Crippen LogP) is 3.37. The van der Waals surface area contributed by atoms with E-state index in [1.165, 1.54) is 25.3 Å². The smallest absolute Gasteiger partial charge is 0.129 e. The Balaban J connectivity index is 1.99. The Morgan fingerprint density at radius 3 is 2.79 bits per heavy atom. The van der Waals surface area contributed by atoms with Crippen LogP contribution in [-0.4, -0.2) is 29.1 Å². The third-order valence-corrected chi connectivity index (χ3v) is 4.23. The number of piperidine rings is 1. The van der Waals surface area contributed by atoms with Gasteiger partial charge in [-0.25, -0.2) is 4.39 Å². The van der Waals surface area contributed by atoms with E-state index >= 15 is 0 Å². The minimum absolute atomic E-state index is 0.0393. The highest BCUT2D eigenvalue weighted by Crippen LogP contribution is 2.27. The van der Waals surface area contributed by atoms with Crippen molar-refractivity contribution in [2.75, 3.05) is 13.1 Å². The highest BCUT2D eigenvalue weighted by molar-refractivity contribution is 5.20. The zero-order chi connectivity index (χ0) is 13.8. The molecule has 2 rings (SSSR count). The molecule has 0 spiro atoms. The van der Waals surface area contributed by atoms with Gasteiger partial charge in [0.15, 0.2) is 0 Å². The fourth-order valence-electron chi connectivity index (χ4n) is 2.92. The molecule has 3 heteroatoms. The monoisotopic (exact) mass is 265 g/mol. The lowest BCUT2D eigenvalue weighted by Crippen LogP contribution is -2.41. The third-order valence-electron chi connectivity index (χ3n) is 4.23. The topological polar surface area (TPSA) is 23.5 Å². The van der Waals surface area contributed by atoms with E-state index in [-0.39, 0.29) is 11.7 Å². The number of halogens is 1. The van der Waals surface area contributed by atoms with E-state index in [0.717, 1.165) is 13.1 Å². The summed E-state index contributed by atoms with van der Waals surface area (Å²) in [5.74, 6) is -0.272. The van der Waals surface area contributed by atoms with Crippen molar-refractivity contribution in [2.45, 2.75) is 45.3 Å². The van der Waals surface area contributed by atoms with Crippen molar-refractivity contribution in [1.29, 1.82) is 0 Å². The summed E-state index contributed by atoms with van der Waals surface area (Å²) in [5, 5.41) is 10.3. The van der Waals surface area contributed by atoms with Gasteiger partial charge in [-0.15, -0.1) is 0 Å². The van der Waals surface area contributed by atoms with Crippen LogP contribution in [-0.2, 0) is 0 Å².